The Balaban J connectivity index is 2.21. The molecule has 2 saturated heterocycles. The Morgan fingerprint density at radius 3 is 2.35 bits per heavy atom. The summed E-state index contributed by atoms with van der Waals surface area (Å²) in [5, 5.41) is 47.5. The van der Waals surface area contributed by atoms with Crippen molar-refractivity contribution >= 4 is 5.97 Å². The van der Waals surface area contributed by atoms with E-state index in [1.54, 1.807) is 4.90 Å². The van der Waals surface area contributed by atoms with Crippen molar-refractivity contribution in [2.75, 3.05) is 6.54 Å². The zero-order valence-corrected chi connectivity index (χ0v) is 9.18. The second-order valence-corrected chi connectivity index (χ2v) is 4.79. The topological polar surface area (TPSA) is 121 Å². The molecule has 0 radical (unpaired) electrons. The number of hydrogen-bond acceptors (Lipinski definition) is 6. The van der Waals surface area contributed by atoms with E-state index in [0.29, 0.717) is 0 Å². The smallest absolute Gasteiger partial charge is 0.305 e. The van der Waals surface area contributed by atoms with Crippen LogP contribution in [-0.2, 0) is 4.79 Å². The molecule has 0 aromatic carbocycles. The van der Waals surface area contributed by atoms with Crippen LogP contribution in [-0.4, -0.2) is 79.4 Å². The molecule has 0 aromatic heterocycles. The average Bonchev–Trinajstić information content (AvgIpc) is 2.63. The van der Waals surface area contributed by atoms with Gasteiger partial charge in [-0.25, -0.2) is 0 Å². The fraction of sp³-hybridized carbons (Fsp3) is 0.900. The van der Waals surface area contributed by atoms with E-state index in [4.69, 9.17) is 5.11 Å². The number of aliphatic hydroxyl groups excluding tert-OH is 4. The quantitative estimate of drug-likeness (QED) is 0.361. The molecule has 98 valence electrons. The molecule has 0 saturated carbocycles. The minimum atomic E-state index is -1.37. The van der Waals surface area contributed by atoms with E-state index in [1.807, 2.05) is 0 Å². The molecule has 2 aliphatic heterocycles. The summed E-state index contributed by atoms with van der Waals surface area (Å²) in [4.78, 5) is 12.3. The number of aliphatic carboxylic acids is 1. The van der Waals surface area contributed by atoms with Crippen LogP contribution in [0.15, 0.2) is 0 Å². The minimum Gasteiger partial charge on any atom is -0.481 e. The Morgan fingerprint density at radius 1 is 1.12 bits per heavy atom. The Labute approximate surface area is 97.9 Å². The number of fused-ring (bicyclic) bond motifs is 1. The van der Waals surface area contributed by atoms with Crippen molar-refractivity contribution in [2.24, 2.45) is 0 Å². The standard InChI is InChI=1S/C10H17NO6/c12-4-1-5-8(15)10(17)9(16)6(2-7(13)14)11(5)3-4/h4-6,8-10,12,15-17H,1-3H2,(H,13,14)/t4-,5-,6-,8-,9+,10+/m0/s1. The van der Waals surface area contributed by atoms with Gasteiger partial charge in [-0.2, -0.15) is 0 Å². The van der Waals surface area contributed by atoms with Gasteiger partial charge in [0.1, 0.15) is 6.10 Å². The Morgan fingerprint density at radius 2 is 1.76 bits per heavy atom. The van der Waals surface area contributed by atoms with Gasteiger partial charge in [-0.1, -0.05) is 0 Å². The summed E-state index contributed by atoms with van der Waals surface area (Å²) in [6.07, 6.45) is -4.56. The lowest BCUT2D eigenvalue weighted by atomic mass is 9.87. The molecule has 7 nitrogen and oxygen atoms in total. The van der Waals surface area contributed by atoms with Crippen molar-refractivity contribution in [2.45, 2.75) is 49.3 Å². The third-order valence-corrected chi connectivity index (χ3v) is 3.66. The van der Waals surface area contributed by atoms with Crippen LogP contribution in [0.4, 0.5) is 0 Å². The molecule has 0 unspecified atom stereocenters. The number of rotatable bonds is 2. The number of aliphatic hydroxyl groups is 4. The summed E-state index contributed by atoms with van der Waals surface area (Å²) >= 11 is 0. The van der Waals surface area contributed by atoms with E-state index in [-0.39, 0.29) is 19.4 Å². The highest BCUT2D eigenvalue weighted by Crippen LogP contribution is 2.33. The SMILES string of the molecule is O=C(O)C[C@H]1[C@@H](O)[C@H](O)[C@@H](O)[C@@H]2C[C@H](O)CN21. The molecule has 0 spiro atoms. The van der Waals surface area contributed by atoms with E-state index in [0.717, 1.165) is 0 Å². The molecular weight excluding hydrogens is 230 g/mol. The molecule has 17 heavy (non-hydrogen) atoms. The lowest BCUT2D eigenvalue weighted by molar-refractivity contribution is -0.164. The summed E-state index contributed by atoms with van der Waals surface area (Å²) in [5.41, 5.74) is 0. The van der Waals surface area contributed by atoms with Gasteiger partial charge in [0, 0.05) is 18.6 Å². The largest absolute Gasteiger partial charge is 0.481 e. The van der Waals surface area contributed by atoms with E-state index in [2.05, 4.69) is 0 Å². The molecule has 0 amide bonds. The fourth-order valence-electron chi connectivity index (χ4n) is 2.85. The van der Waals surface area contributed by atoms with Gasteiger partial charge < -0.3 is 25.5 Å². The van der Waals surface area contributed by atoms with Gasteiger partial charge in [0.05, 0.1) is 24.7 Å². The highest BCUT2D eigenvalue weighted by atomic mass is 16.4. The second-order valence-electron chi connectivity index (χ2n) is 4.79. The van der Waals surface area contributed by atoms with Crippen molar-refractivity contribution in [1.82, 2.24) is 4.90 Å². The summed E-state index contributed by atoms with van der Waals surface area (Å²) in [6, 6.07) is -1.26. The molecular formula is C10H17NO6. The Hall–Kier alpha value is -0.730. The number of carboxylic acid groups (broad SMARTS) is 1. The highest BCUT2D eigenvalue weighted by Gasteiger charge is 2.51. The van der Waals surface area contributed by atoms with Crippen molar-refractivity contribution in [1.29, 1.82) is 0 Å². The number of nitrogens with zero attached hydrogens (tertiary/aromatic N) is 1. The lowest BCUT2D eigenvalue weighted by Crippen LogP contribution is -2.64. The lowest BCUT2D eigenvalue weighted by Gasteiger charge is -2.45. The van der Waals surface area contributed by atoms with Crippen LogP contribution in [0.25, 0.3) is 0 Å². The number of carboxylic acids is 1. The zero-order valence-electron chi connectivity index (χ0n) is 9.18. The first-order valence-corrected chi connectivity index (χ1v) is 5.61. The molecule has 5 N–H and O–H groups in total. The van der Waals surface area contributed by atoms with E-state index < -0.39 is 42.5 Å². The maximum atomic E-state index is 10.7. The molecule has 0 aromatic rings. The summed E-state index contributed by atoms with van der Waals surface area (Å²) in [5.74, 6) is -1.09. The first-order chi connectivity index (χ1) is 7.91. The van der Waals surface area contributed by atoms with Crippen LogP contribution in [0.2, 0.25) is 0 Å². The molecule has 2 heterocycles. The van der Waals surface area contributed by atoms with Gasteiger partial charge in [0.15, 0.2) is 0 Å². The summed E-state index contributed by atoms with van der Waals surface area (Å²) in [7, 11) is 0. The molecule has 2 aliphatic rings. The number of carbonyl (C=O) groups is 1. The number of hydrogen-bond donors (Lipinski definition) is 5. The predicted octanol–water partition coefficient (Wildman–Crippen LogP) is -2.64. The third-order valence-electron chi connectivity index (χ3n) is 3.66. The van der Waals surface area contributed by atoms with Crippen LogP contribution < -0.4 is 0 Å². The molecule has 7 heteroatoms. The van der Waals surface area contributed by atoms with Gasteiger partial charge in [-0.05, 0) is 6.42 Å². The van der Waals surface area contributed by atoms with Gasteiger partial charge in [-0.15, -0.1) is 0 Å². The van der Waals surface area contributed by atoms with Crippen LogP contribution in [0.3, 0.4) is 0 Å². The predicted molar refractivity (Wildman–Crippen MR) is 55.2 cm³/mol. The van der Waals surface area contributed by atoms with Crippen LogP contribution in [0.1, 0.15) is 12.8 Å². The molecule has 0 bridgehead atoms. The molecule has 0 aliphatic carbocycles. The molecule has 2 rings (SSSR count). The molecule has 2 fully saturated rings. The fourth-order valence-corrected chi connectivity index (χ4v) is 2.85. The van der Waals surface area contributed by atoms with Crippen molar-refractivity contribution in [3.8, 4) is 0 Å². The van der Waals surface area contributed by atoms with Gasteiger partial charge >= 0.3 is 5.97 Å². The maximum absolute atomic E-state index is 10.7. The first-order valence-electron chi connectivity index (χ1n) is 5.61. The number of piperidine rings is 1. The van der Waals surface area contributed by atoms with E-state index in [1.165, 1.54) is 0 Å². The maximum Gasteiger partial charge on any atom is 0.305 e. The zero-order chi connectivity index (χ0) is 12.7. The summed E-state index contributed by atoms with van der Waals surface area (Å²) in [6.45, 7) is 0.212. The van der Waals surface area contributed by atoms with Crippen molar-refractivity contribution in [3.63, 3.8) is 0 Å². The summed E-state index contributed by atoms with van der Waals surface area (Å²) < 4.78 is 0. The monoisotopic (exact) mass is 247 g/mol. The van der Waals surface area contributed by atoms with Crippen molar-refractivity contribution < 1.29 is 30.3 Å². The second kappa shape index (κ2) is 4.51. The Bertz CT molecular complexity index is 311. The normalized spacial score (nSPS) is 46.8. The minimum absolute atomic E-state index is 0.212. The van der Waals surface area contributed by atoms with Crippen LogP contribution in [0, 0.1) is 0 Å². The first kappa shape index (κ1) is 12.7. The molecule has 6 atom stereocenters. The van der Waals surface area contributed by atoms with Crippen LogP contribution in [0.5, 0.6) is 0 Å². The van der Waals surface area contributed by atoms with E-state index in [9.17, 15) is 25.2 Å². The van der Waals surface area contributed by atoms with Crippen molar-refractivity contribution in [3.05, 3.63) is 0 Å². The van der Waals surface area contributed by atoms with Crippen LogP contribution >= 0.6 is 0 Å². The Kier molecular flexibility index (Phi) is 3.37. The third kappa shape index (κ3) is 2.16. The van der Waals surface area contributed by atoms with E-state index >= 15 is 0 Å². The van der Waals surface area contributed by atoms with Gasteiger partial charge in [-0.3, -0.25) is 9.69 Å². The highest BCUT2D eigenvalue weighted by molar-refractivity contribution is 5.67. The van der Waals surface area contributed by atoms with Gasteiger partial charge in [0.25, 0.3) is 0 Å². The average molecular weight is 247 g/mol. The van der Waals surface area contributed by atoms with Gasteiger partial charge in [0.2, 0.25) is 0 Å².